The van der Waals surface area contributed by atoms with Crippen LogP contribution in [0.15, 0.2) is 36.9 Å². The van der Waals surface area contributed by atoms with E-state index in [4.69, 9.17) is 10.6 Å². The summed E-state index contributed by atoms with van der Waals surface area (Å²) in [5.74, 6) is 4.76. The lowest BCUT2D eigenvalue weighted by molar-refractivity contribution is -0.122. The summed E-state index contributed by atoms with van der Waals surface area (Å²) in [4.78, 5) is 22.5. The maximum Gasteiger partial charge on any atom is 0.265 e. The van der Waals surface area contributed by atoms with Crippen LogP contribution in [0, 0.1) is 0 Å². The van der Waals surface area contributed by atoms with Crippen LogP contribution >= 0.6 is 0 Å². The SMILES string of the molecule is C=CCNC(=O)COc1cccc(C(=O)NN)c1. The van der Waals surface area contributed by atoms with Crippen LogP contribution < -0.4 is 21.3 Å². The number of amides is 2. The van der Waals surface area contributed by atoms with Crippen molar-refractivity contribution in [2.75, 3.05) is 13.2 Å². The topological polar surface area (TPSA) is 93.4 Å². The van der Waals surface area contributed by atoms with Crippen molar-refractivity contribution in [1.82, 2.24) is 10.7 Å². The summed E-state index contributed by atoms with van der Waals surface area (Å²) in [6.07, 6.45) is 1.57. The van der Waals surface area contributed by atoms with Gasteiger partial charge in [0, 0.05) is 12.1 Å². The van der Waals surface area contributed by atoms with Gasteiger partial charge in [0.05, 0.1) is 0 Å². The Kier molecular flexibility index (Phi) is 5.40. The first-order valence-electron chi connectivity index (χ1n) is 5.28. The van der Waals surface area contributed by atoms with Crippen molar-refractivity contribution in [3.63, 3.8) is 0 Å². The monoisotopic (exact) mass is 249 g/mol. The minimum absolute atomic E-state index is 0.123. The number of nitrogens with one attached hydrogen (secondary N) is 2. The van der Waals surface area contributed by atoms with Crippen molar-refractivity contribution in [1.29, 1.82) is 0 Å². The number of nitrogens with two attached hydrogens (primary N) is 1. The second kappa shape index (κ2) is 7.08. The quantitative estimate of drug-likeness (QED) is 0.286. The summed E-state index contributed by atoms with van der Waals surface area (Å²) in [7, 11) is 0. The molecule has 6 nitrogen and oxygen atoms in total. The lowest BCUT2D eigenvalue weighted by Gasteiger charge is -2.07. The van der Waals surface area contributed by atoms with Gasteiger partial charge in [-0.15, -0.1) is 6.58 Å². The van der Waals surface area contributed by atoms with E-state index in [0.29, 0.717) is 17.9 Å². The van der Waals surface area contributed by atoms with Gasteiger partial charge in [-0.25, -0.2) is 5.84 Å². The van der Waals surface area contributed by atoms with E-state index in [0.717, 1.165) is 0 Å². The minimum atomic E-state index is -0.420. The highest BCUT2D eigenvalue weighted by atomic mass is 16.5. The van der Waals surface area contributed by atoms with Gasteiger partial charge in [-0.05, 0) is 18.2 Å². The van der Waals surface area contributed by atoms with E-state index in [1.54, 1.807) is 24.3 Å². The fourth-order valence-electron chi connectivity index (χ4n) is 1.20. The van der Waals surface area contributed by atoms with Crippen LogP contribution in [0.5, 0.6) is 5.75 Å². The second-order valence-corrected chi connectivity index (χ2v) is 3.38. The molecule has 0 bridgehead atoms. The van der Waals surface area contributed by atoms with E-state index in [1.807, 2.05) is 5.43 Å². The van der Waals surface area contributed by atoms with Gasteiger partial charge in [0.1, 0.15) is 5.75 Å². The molecule has 0 aliphatic carbocycles. The van der Waals surface area contributed by atoms with E-state index in [9.17, 15) is 9.59 Å². The number of hydrogen-bond acceptors (Lipinski definition) is 4. The van der Waals surface area contributed by atoms with E-state index < -0.39 is 5.91 Å². The Bertz CT molecular complexity index is 446. The fourth-order valence-corrected chi connectivity index (χ4v) is 1.20. The Labute approximate surface area is 105 Å². The number of carbonyl (C=O) groups excluding carboxylic acids is 2. The van der Waals surface area contributed by atoms with Crippen molar-refractivity contribution in [3.05, 3.63) is 42.5 Å². The number of benzene rings is 1. The highest BCUT2D eigenvalue weighted by molar-refractivity contribution is 5.94. The number of ether oxygens (including phenoxy) is 1. The largest absolute Gasteiger partial charge is 0.484 e. The first kappa shape index (κ1) is 13.7. The summed E-state index contributed by atoms with van der Waals surface area (Å²) in [5, 5.41) is 2.57. The Morgan fingerprint density at radius 2 is 2.22 bits per heavy atom. The van der Waals surface area contributed by atoms with Gasteiger partial charge in [-0.2, -0.15) is 0 Å². The van der Waals surface area contributed by atoms with E-state index in [2.05, 4.69) is 11.9 Å². The molecule has 1 aromatic rings. The molecular weight excluding hydrogens is 234 g/mol. The van der Waals surface area contributed by atoms with Gasteiger partial charge in [0.15, 0.2) is 6.61 Å². The Hall–Kier alpha value is -2.34. The zero-order valence-electron chi connectivity index (χ0n) is 9.81. The predicted octanol–water partition coefficient (Wildman–Crippen LogP) is -0.0289. The Morgan fingerprint density at radius 3 is 2.89 bits per heavy atom. The van der Waals surface area contributed by atoms with Gasteiger partial charge in [0.2, 0.25) is 0 Å². The highest BCUT2D eigenvalue weighted by Gasteiger charge is 2.06. The molecule has 0 aliphatic rings. The molecule has 0 aromatic heterocycles. The van der Waals surface area contributed by atoms with Crippen molar-refractivity contribution in [2.24, 2.45) is 5.84 Å². The molecule has 1 rings (SSSR count). The lowest BCUT2D eigenvalue weighted by Crippen LogP contribution is -2.30. The molecule has 0 heterocycles. The third-order valence-electron chi connectivity index (χ3n) is 2.04. The van der Waals surface area contributed by atoms with Crippen LogP contribution in [0.3, 0.4) is 0 Å². The molecule has 0 saturated heterocycles. The summed E-state index contributed by atoms with van der Waals surface area (Å²) in [5.41, 5.74) is 2.38. The first-order chi connectivity index (χ1) is 8.67. The molecular formula is C12H15N3O3. The number of hydrazine groups is 1. The van der Waals surface area contributed by atoms with E-state index in [1.165, 1.54) is 6.07 Å². The fraction of sp³-hybridized carbons (Fsp3) is 0.167. The van der Waals surface area contributed by atoms with Crippen LogP contribution in [0.1, 0.15) is 10.4 Å². The molecule has 2 amide bonds. The summed E-state index contributed by atoms with van der Waals surface area (Å²) in [6, 6.07) is 6.38. The van der Waals surface area contributed by atoms with Crippen molar-refractivity contribution < 1.29 is 14.3 Å². The van der Waals surface area contributed by atoms with Gasteiger partial charge >= 0.3 is 0 Å². The first-order valence-corrected chi connectivity index (χ1v) is 5.28. The maximum absolute atomic E-state index is 11.3. The molecule has 1 aromatic carbocycles. The van der Waals surface area contributed by atoms with Gasteiger partial charge < -0.3 is 10.1 Å². The minimum Gasteiger partial charge on any atom is -0.484 e. The average Bonchev–Trinajstić information content (AvgIpc) is 2.42. The summed E-state index contributed by atoms with van der Waals surface area (Å²) in [6.45, 7) is 3.74. The smallest absolute Gasteiger partial charge is 0.265 e. The van der Waals surface area contributed by atoms with Crippen LogP contribution in [-0.4, -0.2) is 25.0 Å². The van der Waals surface area contributed by atoms with Crippen molar-refractivity contribution in [3.8, 4) is 5.75 Å². The molecule has 0 atom stereocenters. The van der Waals surface area contributed by atoms with Gasteiger partial charge in [-0.3, -0.25) is 15.0 Å². The molecule has 18 heavy (non-hydrogen) atoms. The molecule has 0 fully saturated rings. The Balaban J connectivity index is 2.54. The van der Waals surface area contributed by atoms with Gasteiger partial charge in [0.25, 0.3) is 11.8 Å². The zero-order valence-corrected chi connectivity index (χ0v) is 9.81. The Morgan fingerprint density at radius 1 is 1.44 bits per heavy atom. The van der Waals surface area contributed by atoms with Gasteiger partial charge in [-0.1, -0.05) is 12.1 Å². The number of nitrogen functional groups attached to an aromatic ring is 1. The number of carbonyl (C=O) groups is 2. The predicted molar refractivity (Wildman–Crippen MR) is 66.8 cm³/mol. The molecule has 0 saturated carbocycles. The molecule has 4 N–H and O–H groups in total. The lowest BCUT2D eigenvalue weighted by atomic mass is 10.2. The molecule has 96 valence electrons. The van der Waals surface area contributed by atoms with E-state index >= 15 is 0 Å². The van der Waals surface area contributed by atoms with Crippen LogP contribution in [-0.2, 0) is 4.79 Å². The summed E-state index contributed by atoms with van der Waals surface area (Å²) < 4.78 is 5.23. The third-order valence-corrected chi connectivity index (χ3v) is 2.04. The molecule has 0 radical (unpaired) electrons. The maximum atomic E-state index is 11.3. The van der Waals surface area contributed by atoms with E-state index in [-0.39, 0.29) is 12.5 Å². The average molecular weight is 249 g/mol. The van der Waals surface area contributed by atoms with Crippen molar-refractivity contribution >= 4 is 11.8 Å². The molecule has 0 spiro atoms. The third kappa shape index (κ3) is 4.26. The molecule has 6 heteroatoms. The van der Waals surface area contributed by atoms with Crippen molar-refractivity contribution in [2.45, 2.75) is 0 Å². The zero-order chi connectivity index (χ0) is 13.4. The molecule has 0 unspecified atom stereocenters. The van der Waals surface area contributed by atoms with Crippen LogP contribution in [0.4, 0.5) is 0 Å². The number of hydrogen-bond donors (Lipinski definition) is 3. The van der Waals surface area contributed by atoms with Crippen LogP contribution in [0.25, 0.3) is 0 Å². The van der Waals surface area contributed by atoms with Crippen LogP contribution in [0.2, 0.25) is 0 Å². The standard InChI is InChI=1S/C12H15N3O3/c1-2-6-14-11(16)8-18-10-5-3-4-9(7-10)12(17)15-13/h2-5,7H,1,6,8,13H2,(H,14,16)(H,15,17). The second-order valence-electron chi connectivity index (χ2n) is 3.38. The normalized spacial score (nSPS) is 9.39. The highest BCUT2D eigenvalue weighted by Crippen LogP contribution is 2.12. The molecule has 0 aliphatic heterocycles. The number of rotatable bonds is 6. The summed E-state index contributed by atoms with van der Waals surface area (Å²) >= 11 is 0.